The van der Waals surface area contributed by atoms with Crippen molar-refractivity contribution in [3.8, 4) is 0 Å². The number of benzene rings is 1. The van der Waals surface area contributed by atoms with E-state index in [-0.39, 0.29) is 0 Å². The van der Waals surface area contributed by atoms with Gasteiger partial charge in [0.05, 0.1) is 0 Å². The Kier molecular flexibility index (Phi) is 4.62. The molecule has 22 heavy (non-hydrogen) atoms. The van der Waals surface area contributed by atoms with Crippen LogP contribution in [0.25, 0.3) is 0 Å². The van der Waals surface area contributed by atoms with Crippen LogP contribution in [0.15, 0.2) is 48.8 Å². The fourth-order valence-corrected chi connectivity index (χ4v) is 3.29. The van der Waals surface area contributed by atoms with Crippen molar-refractivity contribution in [2.75, 3.05) is 13.1 Å². The molecule has 3 nitrogen and oxygen atoms in total. The SMILES string of the molecule is Cc1ccccc1CCC(=O)N1CCC(n2cccc2)CC1. The van der Waals surface area contributed by atoms with Crippen LogP contribution < -0.4 is 0 Å². The number of rotatable bonds is 4. The highest BCUT2D eigenvalue weighted by Gasteiger charge is 2.23. The molecule has 3 heteroatoms. The summed E-state index contributed by atoms with van der Waals surface area (Å²) in [5.41, 5.74) is 2.57. The van der Waals surface area contributed by atoms with Crippen molar-refractivity contribution in [1.82, 2.24) is 9.47 Å². The van der Waals surface area contributed by atoms with Crippen LogP contribution in [0.1, 0.15) is 36.4 Å². The van der Waals surface area contributed by atoms with Gasteiger partial charge in [-0.1, -0.05) is 24.3 Å². The second-order valence-electron chi connectivity index (χ2n) is 6.17. The van der Waals surface area contributed by atoms with Crippen LogP contribution in [-0.4, -0.2) is 28.5 Å². The molecule has 0 N–H and O–H groups in total. The summed E-state index contributed by atoms with van der Waals surface area (Å²) in [6.07, 6.45) is 7.85. The first-order chi connectivity index (χ1) is 10.7. The van der Waals surface area contributed by atoms with Crippen molar-refractivity contribution >= 4 is 5.91 Å². The Labute approximate surface area is 132 Å². The molecule has 0 aliphatic carbocycles. The number of amides is 1. The molecule has 0 saturated carbocycles. The third-order valence-corrected chi connectivity index (χ3v) is 4.74. The van der Waals surface area contributed by atoms with Gasteiger partial charge in [-0.05, 0) is 49.4 Å². The molecule has 1 aromatic heterocycles. The third-order valence-electron chi connectivity index (χ3n) is 4.74. The fourth-order valence-electron chi connectivity index (χ4n) is 3.29. The molecular weight excluding hydrogens is 272 g/mol. The van der Waals surface area contributed by atoms with Crippen molar-refractivity contribution < 1.29 is 4.79 Å². The molecule has 3 rings (SSSR count). The molecule has 1 fully saturated rings. The molecule has 0 unspecified atom stereocenters. The summed E-state index contributed by atoms with van der Waals surface area (Å²) in [7, 11) is 0. The second-order valence-corrected chi connectivity index (χ2v) is 6.17. The van der Waals surface area contributed by atoms with Crippen molar-refractivity contribution in [2.45, 2.75) is 38.6 Å². The highest BCUT2D eigenvalue weighted by atomic mass is 16.2. The Morgan fingerprint density at radius 3 is 2.45 bits per heavy atom. The smallest absolute Gasteiger partial charge is 0.222 e. The fraction of sp³-hybridized carbons (Fsp3) is 0.421. The van der Waals surface area contributed by atoms with Crippen LogP contribution in [0.3, 0.4) is 0 Å². The highest BCUT2D eigenvalue weighted by molar-refractivity contribution is 5.76. The standard InChI is InChI=1S/C19H24N2O/c1-16-6-2-3-7-17(16)8-9-19(22)21-14-10-18(11-15-21)20-12-4-5-13-20/h2-7,12-13,18H,8-11,14-15H2,1H3. The largest absolute Gasteiger partial charge is 0.351 e. The summed E-state index contributed by atoms with van der Waals surface area (Å²) in [6, 6.07) is 13.0. The van der Waals surface area contributed by atoms with E-state index in [4.69, 9.17) is 0 Å². The van der Waals surface area contributed by atoms with Crippen molar-refractivity contribution in [1.29, 1.82) is 0 Å². The predicted molar refractivity (Wildman–Crippen MR) is 88.8 cm³/mol. The van der Waals surface area contributed by atoms with Gasteiger partial charge >= 0.3 is 0 Å². The minimum absolute atomic E-state index is 0.300. The molecule has 1 amide bonds. The van der Waals surface area contributed by atoms with Gasteiger partial charge in [0.25, 0.3) is 0 Å². The number of nitrogens with zero attached hydrogens (tertiary/aromatic N) is 2. The topological polar surface area (TPSA) is 25.2 Å². The maximum absolute atomic E-state index is 12.4. The Morgan fingerprint density at radius 1 is 1.09 bits per heavy atom. The first kappa shape index (κ1) is 14.9. The summed E-state index contributed by atoms with van der Waals surface area (Å²) in [6.45, 7) is 3.88. The van der Waals surface area contributed by atoms with E-state index in [1.54, 1.807) is 0 Å². The molecule has 0 bridgehead atoms. The molecule has 1 aliphatic heterocycles. The summed E-state index contributed by atoms with van der Waals surface area (Å²) >= 11 is 0. The minimum atomic E-state index is 0.300. The first-order valence-corrected chi connectivity index (χ1v) is 8.19. The lowest BCUT2D eigenvalue weighted by molar-refractivity contribution is -0.132. The predicted octanol–water partition coefficient (Wildman–Crippen LogP) is 3.59. The summed E-state index contributed by atoms with van der Waals surface area (Å²) in [4.78, 5) is 14.4. The van der Waals surface area contributed by atoms with E-state index in [9.17, 15) is 4.79 Å². The molecule has 1 aliphatic rings. The number of likely N-dealkylation sites (tertiary alicyclic amines) is 1. The third kappa shape index (κ3) is 3.41. The quantitative estimate of drug-likeness (QED) is 0.846. The number of carbonyl (C=O) groups excluding carboxylic acids is 1. The highest BCUT2D eigenvalue weighted by Crippen LogP contribution is 2.23. The van der Waals surface area contributed by atoms with Crippen LogP contribution in [0, 0.1) is 6.92 Å². The van der Waals surface area contributed by atoms with Crippen molar-refractivity contribution in [3.63, 3.8) is 0 Å². The number of piperidine rings is 1. The van der Waals surface area contributed by atoms with Gasteiger partial charge in [-0.25, -0.2) is 0 Å². The average Bonchev–Trinajstić information content (AvgIpc) is 3.08. The molecule has 0 atom stereocenters. The Bertz CT molecular complexity index is 610. The molecule has 2 aromatic rings. The molecule has 2 heterocycles. The normalized spacial score (nSPS) is 16.0. The zero-order chi connectivity index (χ0) is 15.4. The van der Waals surface area contributed by atoms with Crippen LogP contribution >= 0.6 is 0 Å². The number of aryl methyl sites for hydroxylation is 2. The summed E-state index contributed by atoms with van der Waals surface area (Å²) in [5.74, 6) is 0.300. The lowest BCUT2D eigenvalue weighted by atomic mass is 10.0. The Hall–Kier alpha value is -2.03. The van der Waals surface area contributed by atoms with Crippen LogP contribution in [0.5, 0.6) is 0 Å². The monoisotopic (exact) mass is 296 g/mol. The second kappa shape index (κ2) is 6.82. The maximum atomic E-state index is 12.4. The molecule has 1 aromatic carbocycles. The molecule has 0 spiro atoms. The minimum Gasteiger partial charge on any atom is -0.351 e. The Balaban J connectivity index is 1.49. The number of hydrogen-bond acceptors (Lipinski definition) is 1. The lowest BCUT2D eigenvalue weighted by Gasteiger charge is -2.33. The molecule has 0 radical (unpaired) electrons. The van der Waals surface area contributed by atoms with Crippen LogP contribution in [0.2, 0.25) is 0 Å². The Morgan fingerprint density at radius 2 is 1.77 bits per heavy atom. The van der Waals surface area contributed by atoms with Gasteiger partial charge in [0.2, 0.25) is 5.91 Å². The molecule has 1 saturated heterocycles. The lowest BCUT2D eigenvalue weighted by Crippen LogP contribution is -2.39. The van der Waals surface area contributed by atoms with E-state index in [1.807, 2.05) is 11.0 Å². The van der Waals surface area contributed by atoms with Crippen molar-refractivity contribution in [3.05, 3.63) is 59.9 Å². The van der Waals surface area contributed by atoms with Gasteiger partial charge in [0.1, 0.15) is 0 Å². The average molecular weight is 296 g/mol. The zero-order valence-corrected chi connectivity index (χ0v) is 13.2. The van der Waals surface area contributed by atoms with E-state index in [0.29, 0.717) is 18.4 Å². The number of hydrogen-bond donors (Lipinski definition) is 0. The van der Waals surface area contributed by atoms with E-state index < -0.39 is 0 Å². The van der Waals surface area contributed by atoms with Crippen LogP contribution in [-0.2, 0) is 11.2 Å². The van der Waals surface area contributed by atoms with E-state index in [1.165, 1.54) is 11.1 Å². The van der Waals surface area contributed by atoms with E-state index in [0.717, 1.165) is 32.4 Å². The first-order valence-electron chi connectivity index (χ1n) is 8.19. The van der Waals surface area contributed by atoms with Gasteiger partial charge in [0, 0.05) is 37.9 Å². The van der Waals surface area contributed by atoms with Gasteiger partial charge in [0.15, 0.2) is 0 Å². The van der Waals surface area contributed by atoms with E-state index in [2.05, 4.69) is 54.2 Å². The zero-order valence-electron chi connectivity index (χ0n) is 13.2. The van der Waals surface area contributed by atoms with Crippen molar-refractivity contribution in [2.24, 2.45) is 0 Å². The van der Waals surface area contributed by atoms with Gasteiger partial charge in [-0.3, -0.25) is 4.79 Å². The van der Waals surface area contributed by atoms with E-state index >= 15 is 0 Å². The van der Waals surface area contributed by atoms with Gasteiger partial charge in [-0.2, -0.15) is 0 Å². The summed E-state index contributed by atoms with van der Waals surface area (Å²) < 4.78 is 2.27. The van der Waals surface area contributed by atoms with Crippen LogP contribution in [0.4, 0.5) is 0 Å². The molecule has 116 valence electrons. The maximum Gasteiger partial charge on any atom is 0.222 e. The summed E-state index contributed by atoms with van der Waals surface area (Å²) in [5, 5.41) is 0. The molecular formula is C19H24N2O. The van der Waals surface area contributed by atoms with Gasteiger partial charge in [-0.15, -0.1) is 0 Å². The number of aromatic nitrogens is 1. The number of carbonyl (C=O) groups is 1. The van der Waals surface area contributed by atoms with Gasteiger partial charge < -0.3 is 9.47 Å².